The molecule has 0 saturated carbocycles. The molecule has 2 atom stereocenters. The monoisotopic (exact) mass is 521 g/mol. The molecule has 2 unspecified atom stereocenters. The number of nitrogens with one attached hydrogen (secondary N) is 2. The zero-order valence-corrected chi connectivity index (χ0v) is 20.3. The van der Waals surface area contributed by atoms with Crippen molar-refractivity contribution in [3.63, 3.8) is 0 Å². The topological polar surface area (TPSA) is 98.3 Å². The van der Waals surface area contributed by atoms with Gasteiger partial charge in [0.2, 0.25) is 0 Å². The van der Waals surface area contributed by atoms with Crippen LogP contribution in [0.5, 0.6) is 0 Å². The quantitative estimate of drug-likeness (QED) is 0.388. The summed E-state index contributed by atoms with van der Waals surface area (Å²) in [7, 11) is 0. The average molecular weight is 522 g/mol. The number of rotatable bonds is 6. The van der Waals surface area contributed by atoms with Gasteiger partial charge in [0.1, 0.15) is 16.8 Å². The molecule has 0 aliphatic carbocycles. The van der Waals surface area contributed by atoms with Crippen LogP contribution >= 0.6 is 11.6 Å². The average Bonchev–Trinajstić information content (AvgIpc) is 3.14. The van der Waals surface area contributed by atoms with Crippen molar-refractivity contribution in [1.29, 1.82) is 0 Å². The van der Waals surface area contributed by atoms with Gasteiger partial charge in [0.05, 0.1) is 29.7 Å². The van der Waals surface area contributed by atoms with Crippen molar-refractivity contribution in [3.8, 4) is 0 Å². The van der Waals surface area contributed by atoms with E-state index in [-0.39, 0.29) is 34.6 Å². The number of hydrogen-bond acceptors (Lipinski definition) is 7. The number of amides is 1. The van der Waals surface area contributed by atoms with E-state index >= 15 is 0 Å². The maximum absolute atomic E-state index is 13.1. The molecule has 2 N–H and O–H groups in total. The standard InChI is InChI=1S/C24H23ClF3N5O3/c1-4-23(35-13(2)14(3)36-23)17-10-19(25)30-12-18(17)32-22(34)15-7-8-29-21(9-15)33-20-6-5-16(11-31-20)24(26,27)28/h5-14H,4H2,1-3H3,(H,32,34)(H,29,31,33). The molecule has 1 saturated heterocycles. The van der Waals surface area contributed by atoms with Crippen molar-refractivity contribution in [2.45, 2.75) is 51.4 Å². The second-order valence-electron chi connectivity index (χ2n) is 8.24. The Morgan fingerprint density at radius 3 is 2.39 bits per heavy atom. The van der Waals surface area contributed by atoms with Gasteiger partial charge in [0.15, 0.2) is 5.79 Å². The predicted molar refractivity (Wildman–Crippen MR) is 127 cm³/mol. The van der Waals surface area contributed by atoms with Crippen molar-refractivity contribution >= 4 is 34.8 Å². The van der Waals surface area contributed by atoms with E-state index in [0.717, 1.165) is 6.07 Å². The Morgan fingerprint density at radius 1 is 1.06 bits per heavy atom. The van der Waals surface area contributed by atoms with Gasteiger partial charge in [-0.05, 0) is 44.2 Å². The van der Waals surface area contributed by atoms with Crippen molar-refractivity contribution in [2.24, 2.45) is 0 Å². The molecule has 0 radical (unpaired) electrons. The highest BCUT2D eigenvalue weighted by molar-refractivity contribution is 6.29. The molecule has 0 bridgehead atoms. The maximum atomic E-state index is 13.1. The molecule has 190 valence electrons. The molecule has 8 nitrogen and oxygen atoms in total. The lowest BCUT2D eigenvalue weighted by Gasteiger charge is -2.29. The van der Waals surface area contributed by atoms with Gasteiger partial charge >= 0.3 is 6.18 Å². The summed E-state index contributed by atoms with van der Waals surface area (Å²) in [6, 6.07) is 6.61. The van der Waals surface area contributed by atoms with Gasteiger partial charge in [0.25, 0.3) is 5.91 Å². The van der Waals surface area contributed by atoms with E-state index in [1.807, 2.05) is 20.8 Å². The molecule has 4 heterocycles. The minimum atomic E-state index is -4.49. The van der Waals surface area contributed by atoms with E-state index < -0.39 is 23.4 Å². The normalized spacial score (nSPS) is 21.9. The summed E-state index contributed by atoms with van der Waals surface area (Å²) in [6.07, 6.45) is -0.831. The van der Waals surface area contributed by atoms with Crippen molar-refractivity contribution in [1.82, 2.24) is 15.0 Å². The van der Waals surface area contributed by atoms with Gasteiger partial charge in [-0.25, -0.2) is 15.0 Å². The van der Waals surface area contributed by atoms with Crippen LogP contribution in [0, 0.1) is 0 Å². The van der Waals surface area contributed by atoms with E-state index in [0.29, 0.717) is 23.9 Å². The van der Waals surface area contributed by atoms with Gasteiger partial charge in [0, 0.05) is 29.9 Å². The highest BCUT2D eigenvalue weighted by Gasteiger charge is 2.46. The first kappa shape index (κ1) is 25.8. The fourth-order valence-electron chi connectivity index (χ4n) is 3.75. The van der Waals surface area contributed by atoms with Gasteiger partial charge in [-0.2, -0.15) is 13.2 Å². The van der Waals surface area contributed by atoms with Crippen LogP contribution in [0.3, 0.4) is 0 Å². The summed E-state index contributed by atoms with van der Waals surface area (Å²) >= 11 is 6.15. The number of pyridine rings is 3. The van der Waals surface area contributed by atoms with Crippen LogP contribution in [-0.4, -0.2) is 33.1 Å². The molecular weight excluding hydrogens is 499 g/mol. The number of hydrogen-bond donors (Lipinski definition) is 2. The molecule has 12 heteroatoms. The number of aromatic nitrogens is 3. The number of ether oxygens (including phenoxy) is 2. The Bertz CT molecular complexity index is 1250. The summed E-state index contributed by atoms with van der Waals surface area (Å²) in [5, 5.41) is 5.83. The first-order chi connectivity index (χ1) is 17.0. The lowest BCUT2D eigenvalue weighted by Crippen LogP contribution is -2.29. The second-order valence-corrected chi connectivity index (χ2v) is 8.63. The van der Waals surface area contributed by atoms with Crippen LogP contribution in [0.25, 0.3) is 0 Å². The van der Waals surface area contributed by atoms with Crippen molar-refractivity contribution in [3.05, 3.63) is 70.8 Å². The fraction of sp³-hybridized carbons (Fsp3) is 0.333. The predicted octanol–water partition coefficient (Wildman–Crippen LogP) is 5.93. The van der Waals surface area contributed by atoms with Crippen molar-refractivity contribution in [2.75, 3.05) is 10.6 Å². The smallest absolute Gasteiger partial charge is 0.340 e. The molecule has 1 aliphatic heterocycles. The van der Waals surface area contributed by atoms with Crippen LogP contribution in [0.4, 0.5) is 30.5 Å². The Balaban J connectivity index is 1.55. The fourth-order valence-corrected chi connectivity index (χ4v) is 3.91. The Hall–Kier alpha value is -3.28. The molecule has 3 aromatic heterocycles. The zero-order valence-electron chi connectivity index (χ0n) is 19.6. The zero-order chi connectivity index (χ0) is 26.1. The third-order valence-corrected chi connectivity index (χ3v) is 5.98. The number of nitrogens with zero attached hydrogens (tertiary/aromatic N) is 3. The molecule has 0 spiro atoms. The third kappa shape index (κ3) is 5.43. The number of carbonyl (C=O) groups is 1. The molecule has 4 rings (SSSR count). The number of halogens is 4. The molecule has 1 aliphatic rings. The Kier molecular flexibility index (Phi) is 7.17. The van der Waals surface area contributed by atoms with E-state index in [4.69, 9.17) is 21.1 Å². The van der Waals surface area contributed by atoms with Gasteiger partial charge in [-0.1, -0.05) is 18.5 Å². The first-order valence-corrected chi connectivity index (χ1v) is 11.5. The van der Waals surface area contributed by atoms with Gasteiger partial charge in [-0.15, -0.1) is 0 Å². The Morgan fingerprint density at radius 2 is 1.78 bits per heavy atom. The SMILES string of the molecule is CCC1(c2cc(Cl)ncc2NC(=O)c2ccnc(Nc3ccc(C(F)(F)F)cn3)c2)OC(C)C(C)O1. The summed E-state index contributed by atoms with van der Waals surface area (Å²) in [5.74, 6) is -1.22. The number of alkyl halides is 3. The summed E-state index contributed by atoms with van der Waals surface area (Å²) in [5.41, 5.74) is 0.269. The molecule has 0 aromatic carbocycles. The molecular formula is C24H23ClF3N5O3. The largest absolute Gasteiger partial charge is 0.417 e. The minimum Gasteiger partial charge on any atom is -0.340 e. The molecule has 3 aromatic rings. The molecule has 1 amide bonds. The van der Waals surface area contributed by atoms with Gasteiger partial charge < -0.3 is 20.1 Å². The van der Waals surface area contributed by atoms with Crippen LogP contribution in [0.15, 0.2) is 48.9 Å². The third-order valence-electron chi connectivity index (χ3n) is 5.78. The van der Waals surface area contributed by atoms with E-state index in [9.17, 15) is 18.0 Å². The summed E-state index contributed by atoms with van der Waals surface area (Å²) in [6.45, 7) is 5.71. The van der Waals surface area contributed by atoms with Gasteiger partial charge in [-0.3, -0.25) is 4.79 Å². The highest BCUT2D eigenvalue weighted by Crippen LogP contribution is 2.43. The summed E-state index contributed by atoms with van der Waals surface area (Å²) in [4.78, 5) is 25.0. The van der Waals surface area contributed by atoms with Crippen LogP contribution in [0.1, 0.15) is 48.7 Å². The number of carbonyl (C=O) groups excluding carboxylic acids is 1. The summed E-state index contributed by atoms with van der Waals surface area (Å²) < 4.78 is 50.5. The lowest BCUT2D eigenvalue weighted by atomic mass is 10.0. The molecule has 1 fully saturated rings. The van der Waals surface area contributed by atoms with Crippen LogP contribution in [-0.2, 0) is 21.4 Å². The maximum Gasteiger partial charge on any atom is 0.417 e. The van der Waals surface area contributed by atoms with Crippen LogP contribution < -0.4 is 10.6 Å². The van der Waals surface area contributed by atoms with E-state index in [1.165, 1.54) is 30.6 Å². The van der Waals surface area contributed by atoms with Crippen LogP contribution in [0.2, 0.25) is 5.15 Å². The van der Waals surface area contributed by atoms with E-state index in [2.05, 4.69) is 25.6 Å². The lowest BCUT2D eigenvalue weighted by molar-refractivity contribution is -0.183. The Labute approximate surface area is 210 Å². The number of anilines is 3. The second kappa shape index (κ2) is 10.00. The minimum absolute atomic E-state index is 0.140. The van der Waals surface area contributed by atoms with E-state index in [1.54, 1.807) is 6.07 Å². The first-order valence-electron chi connectivity index (χ1n) is 11.1. The van der Waals surface area contributed by atoms with Crippen molar-refractivity contribution < 1.29 is 27.4 Å². The highest BCUT2D eigenvalue weighted by atomic mass is 35.5. The molecule has 36 heavy (non-hydrogen) atoms.